The highest BCUT2D eigenvalue weighted by Gasteiger charge is 2.32. The summed E-state index contributed by atoms with van der Waals surface area (Å²) in [7, 11) is 0. The Morgan fingerprint density at radius 3 is 2.86 bits per heavy atom. The molecule has 1 aliphatic carbocycles. The monoisotopic (exact) mass is 391 g/mol. The summed E-state index contributed by atoms with van der Waals surface area (Å²) in [5.41, 5.74) is 3.12. The molecule has 29 heavy (non-hydrogen) atoms. The summed E-state index contributed by atoms with van der Waals surface area (Å²) in [5, 5.41) is 0. The molecule has 0 spiro atoms. The highest BCUT2D eigenvalue weighted by atomic mass is 16.2. The molecule has 0 unspecified atom stereocenters. The van der Waals surface area contributed by atoms with Crippen LogP contribution in [0, 0.1) is 12.8 Å². The Morgan fingerprint density at radius 2 is 2.07 bits per heavy atom. The number of carbonyl (C=O) groups is 1. The number of hydrogen-bond donors (Lipinski definition) is 0. The van der Waals surface area contributed by atoms with E-state index in [0.717, 1.165) is 56.3 Å². The van der Waals surface area contributed by atoms with Gasteiger partial charge in [-0.3, -0.25) is 9.78 Å². The minimum absolute atomic E-state index is 0.0628. The zero-order valence-electron chi connectivity index (χ0n) is 17.2. The zero-order valence-corrected chi connectivity index (χ0v) is 17.2. The smallest absolute Gasteiger partial charge is 0.255 e. The van der Waals surface area contributed by atoms with Gasteiger partial charge >= 0.3 is 0 Å². The summed E-state index contributed by atoms with van der Waals surface area (Å²) in [6, 6.07) is 3.66. The molecule has 1 saturated carbocycles. The number of aryl methyl sites for hydroxylation is 1. The predicted molar refractivity (Wildman–Crippen MR) is 112 cm³/mol. The van der Waals surface area contributed by atoms with Gasteiger partial charge in [0.2, 0.25) is 0 Å². The number of likely N-dealkylation sites (tertiary alicyclic amines) is 1. The van der Waals surface area contributed by atoms with Crippen LogP contribution in [0.25, 0.3) is 0 Å². The molecule has 1 atom stereocenters. The Kier molecular flexibility index (Phi) is 4.94. The van der Waals surface area contributed by atoms with Crippen LogP contribution in [0.5, 0.6) is 0 Å². The van der Waals surface area contributed by atoms with Crippen molar-refractivity contribution in [1.29, 1.82) is 0 Å². The minimum atomic E-state index is 0.0628. The normalized spacial score (nSPS) is 21.8. The fourth-order valence-corrected chi connectivity index (χ4v) is 4.73. The molecule has 0 bridgehead atoms. The second kappa shape index (κ2) is 7.73. The van der Waals surface area contributed by atoms with E-state index < -0.39 is 0 Å². The van der Waals surface area contributed by atoms with Gasteiger partial charge in [0.05, 0.1) is 5.56 Å². The first-order valence-electron chi connectivity index (χ1n) is 11.0. The Balaban J connectivity index is 1.38. The summed E-state index contributed by atoms with van der Waals surface area (Å²) < 4.78 is 0. The molecule has 5 rings (SSSR count). The number of rotatable bonds is 4. The molecule has 2 aromatic rings. The number of anilines is 1. The lowest BCUT2D eigenvalue weighted by atomic mass is 9.95. The molecule has 1 saturated heterocycles. The number of fused-ring (bicyclic) bond motifs is 1. The van der Waals surface area contributed by atoms with E-state index in [1.54, 1.807) is 12.4 Å². The van der Waals surface area contributed by atoms with Crippen LogP contribution in [0.4, 0.5) is 5.82 Å². The zero-order chi connectivity index (χ0) is 19.8. The molecule has 0 aromatic carbocycles. The molecule has 3 aliphatic rings. The molecule has 1 amide bonds. The van der Waals surface area contributed by atoms with Crippen molar-refractivity contribution in [1.82, 2.24) is 19.9 Å². The maximum absolute atomic E-state index is 12.9. The third kappa shape index (κ3) is 3.85. The van der Waals surface area contributed by atoms with Gasteiger partial charge in [0.1, 0.15) is 11.6 Å². The van der Waals surface area contributed by atoms with E-state index in [4.69, 9.17) is 9.97 Å². The number of piperidine rings is 1. The molecule has 6 heteroatoms. The van der Waals surface area contributed by atoms with Gasteiger partial charge in [0.15, 0.2) is 0 Å². The van der Waals surface area contributed by atoms with E-state index in [-0.39, 0.29) is 11.8 Å². The van der Waals surface area contributed by atoms with Gasteiger partial charge in [-0.2, -0.15) is 0 Å². The molecule has 6 nitrogen and oxygen atoms in total. The maximum atomic E-state index is 12.9. The van der Waals surface area contributed by atoms with E-state index in [9.17, 15) is 4.79 Å². The van der Waals surface area contributed by atoms with E-state index in [0.29, 0.717) is 12.1 Å². The number of amides is 1. The molecule has 2 aromatic heterocycles. The first kappa shape index (κ1) is 18.5. The summed E-state index contributed by atoms with van der Waals surface area (Å²) in [5.74, 6) is 3.21. The Labute approximate surface area is 172 Å². The average molecular weight is 392 g/mol. The lowest BCUT2D eigenvalue weighted by Crippen LogP contribution is -2.40. The van der Waals surface area contributed by atoms with Crippen molar-refractivity contribution >= 4 is 11.7 Å². The Hall–Kier alpha value is -2.50. The first-order chi connectivity index (χ1) is 14.2. The fraction of sp³-hybridized carbons (Fsp3) is 0.565. The van der Waals surface area contributed by atoms with Gasteiger partial charge in [-0.05, 0) is 63.5 Å². The number of nitrogens with zero attached hydrogens (tertiary/aromatic N) is 5. The van der Waals surface area contributed by atoms with Gasteiger partial charge in [-0.25, -0.2) is 9.97 Å². The van der Waals surface area contributed by atoms with Crippen molar-refractivity contribution in [2.75, 3.05) is 31.1 Å². The molecule has 2 fully saturated rings. The van der Waals surface area contributed by atoms with E-state index in [1.165, 1.54) is 30.6 Å². The number of aromatic nitrogens is 3. The van der Waals surface area contributed by atoms with Gasteiger partial charge in [-0.15, -0.1) is 0 Å². The fourth-order valence-electron chi connectivity index (χ4n) is 4.73. The lowest BCUT2D eigenvalue weighted by Gasteiger charge is -2.34. The van der Waals surface area contributed by atoms with Crippen LogP contribution in [0.2, 0.25) is 0 Å². The standard InChI is InChI=1S/C23H29N5O/c1-16-20-7-4-11-27(14-17-8-9-17)22(20)26-21(25-16)19-6-3-12-28(15-19)23(29)18-5-2-10-24-13-18/h2,5,10,13,17,19H,3-4,6-9,11-12,14-15H2,1H3/t19-/m0/s1. The topological polar surface area (TPSA) is 62.2 Å². The Bertz CT molecular complexity index is 896. The Morgan fingerprint density at radius 1 is 1.17 bits per heavy atom. The molecule has 0 N–H and O–H groups in total. The van der Waals surface area contributed by atoms with Gasteiger partial charge in [0.25, 0.3) is 5.91 Å². The summed E-state index contributed by atoms with van der Waals surface area (Å²) >= 11 is 0. The van der Waals surface area contributed by atoms with Crippen LogP contribution < -0.4 is 4.90 Å². The van der Waals surface area contributed by atoms with Crippen molar-refractivity contribution < 1.29 is 4.79 Å². The quantitative estimate of drug-likeness (QED) is 0.800. The van der Waals surface area contributed by atoms with E-state index in [2.05, 4.69) is 16.8 Å². The van der Waals surface area contributed by atoms with Gasteiger partial charge in [0, 0.05) is 55.7 Å². The molecule has 4 heterocycles. The minimum Gasteiger partial charge on any atom is -0.356 e. The van der Waals surface area contributed by atoms with Crippen molar-refractivity contribution in [3.05, 3.63) is 47.2 Å². The molecule has 0 radical (unpaired) electrons. The largest absolute Gasteiger partial charge is 0.356 e. The summed E-state index contributed by atoms with van der Waals surface area (Å²) in [6.07, 6.45) is 10.4. The average Bonchev–Trinajstić information content (AvgIpc) is 3.58. The first-order valence-corrected chi connectivity index (χ1v) is 11.0. The second-order valence-corrected chi connectivity index (χ2v) is 8.79. The van der Waals surface area contributed by atoms with Crippen molar-refractivity contribution in [3.63, 3.8) is 0 Å². The van der Waals surface area contributed by atoms with Gasteiger partial charge < -0.3 is 9.80 Å². The number of carbonyl (C=O) groups excluding carboxylic acids is 1. The van der Waals surface area contributed by atoms with Crippen LogP contribution in [-0.2, 0) is 6.42 Å². The SMILES string of the molecule is Cc1nc([C@H]2CCCN(C(=O)c3cccnc3)C2)nc2c1CCCN2CC1CC1. The second-order valence-electron chi connectivity index (χ2n) is 8.79. The summed E-state index contributed by atoms with van der Waals surface area (Å²) in [4.78, 5) is 31.4. The molecular formula is C23H29N5O. The van der Waals surface area contributed by atoms with Crippen LogP contribution >= 0.6 is 0 Å². The predicted octanol–water partition coefficient (Wildman–Crippen LogP) is 3.36. The van der Waals surface area contributed by atoms with Crippen LogP contribution in [0.1, 0.15) is 65.5 Å². The molecule has 152 valence electrons. The van der Waals surface area contributed by atoms with Crippen LogP contribution in [-0.4, -0.2) is 51.9 Å². The number of hydrogen-bond acceptors (Lipinski definition) is 5. The summed E-state index contributed by atoms with van der Waals surface area (Å²) in [6.45, 7) is 5.86. The third-order valence-electron chi connectivity index (χ3n) is 6.52. The highest BCUT2D eigenvalue weighted by Crippen LogP contribution is 2.36. The number of pyridine rings is 1. The molecule has 2 aliphatic heterocycles. The van der Waals surface area contributed by atoms with Crippen molar-refractivity contribution in [3.8, 4) is 0 Å². The van der Waals surface area contributed by atoms with Crippen LogP contribution in [0.15, 0.2) is 24.5 Å². The van der Waals surface area contributed by atoms with Crippen molar-refractivity contribution in [2.45, 2.75) is 51.4 Å². The van der Waals surface area contributed by atoms with Gasteiger partial charge in [-0.1, -0.05) is 0 Å². The van der Waals surface area contributed by atoms with E-state index >= 15 is 0 Å². The van der Waals surface area contributed by atoms with E-state index in [1.807, 2.05) is 17.0 Å². The van der Waals surface area contributed by atoms with Crippen molar-refractivity contribution in [2.24, 2.45) is 5.92 Å². The molecular weight excluding hydrogens is 362 g/mol. The highest BCUT2D eigenvalue weighted by molar-refractivity contribution is 5.94. The van der Waals surface area contributed by atoms with Crippen LogP contribution in [0.3, 0.4) is 0 Å². The maximum Gasteiger partial charge on any atom is 0.255 e. The lowest BCUT2D eigenvalue weighted by molar-refractivity contribution is 0.0704. The third-order valence-corrected chi connectivity index (χ3v) is 6.52.